The third-order valence-corrected chi connectivity index (χ3v) is 5.83. The highest BCUT2D eigenvalue weighted by atomic mass is 32.2. The predicted octanol–water partition coefficient (Wildman–Crippen LogP) is 2.91. The van der Waals surface area contributed by atoms with Crippen LogP contribution in [0.3, 0.4) is 0 Å². The number of benzene rings is 2. The first-order valence-electron chi connectivity index (χ1n) is 8.33. The molecule has 0 aromatic heterocycles. The summed E-state index contributed by atoms with van der Waals surface area (Å²) in [5.41, 5.74) is 3.62. The molecule has 2 aromatic carbocycles. The Balaban J connectivity index is 1.76. The number of hydrogen-bond acceptors (Lipinski definition) is 3. The Bertz CT molecular complexity index is 889. The molecule has 0 radical (unpaired) electrons. The highest BCUT2D eigenvalue weighted by molar-refractivity contribution is 7.89. The van der Waals surface area contributed by atoms with Crippen LogP contribution < -0.4 is 9.62 Å². The van der Waals surface area contributed by atoms with Crippen LogP contribution in [0, 0.1) is 13.8 Å². The summed E-state index contributed by atoms with van der Waals surface area (Å²) in [7, 11) is -3.60. The van der Waals surface area contributed by atoms with E-state index in [1.165, 1.54) is 0 Å². The van der Waals surface area contributed by atoms with E-state index in [1.54, 1.807) is 23.1 Å². The van der Waals surface area contributed by atoms with Crippen LogP contribution in [-0.2, 0) is 21.4 Å². The van der Waals surface area contributed by atoms with Crippen molar-refractivity contribution >= 4 is 21.6 Å². The van der Waals surface area contributed by atoms with Gasteiger partial charge in [-0.25, -0.2) is 13.1 Å². The first-order chi connectivity index (χ1) is 11.9. The van der Waals surface area contributed by atoms with E-state index in [0.717, 1.165) is 28.8 Å². The van der Waals surface area contributed by atoms with Crippen molar-refractivity contribution in [2.75, 3.05) is 11.4 Å². The summed E-state index contributed by atoms with van der Waals surface area (Å²) >= 11 is 0. The smallest absolute Gasteiger partial charge is 0.240 e. The normalized spacial score (nSPS) is 15.0. The predicted molar refractivity (Wildman–Crippen MR) is 98.0 cm³/mol. The van der Waals surface area contributed by atoms with Crippen LogP contribution in [0.4, 0.5) is 5.69 Å². The highest BCUT2D eigenvalue weighted by Crippen LogP contribution is 2.27. The number of hydrogen-bond donors (Lipinski definition) is 1. The Morgan fingerprint density at radius 2 is 1.80 bits per heavy atom. The van der Waals surface area contributed by atoms with Crippen molar-refractivity contribution in [3.05, 3.63) is 59.2 Å². The lowest BCUT2D eigenvalue weighted by Crippen LogP contribution is -2.26. The van der Waals surface area contributed by atoms with Gasteiger partial charge in [-0.05, 0) is 49.6 Å². The Morgan fingerprint density at radius 1 is 1.08 bits per heavy atom. The van der Waals surface area contributed by atoms with Crippen LogP contribution in [-0.4, -0.2) is 20.9 Å². The Kier molecular flexibility index (Phi) is 4.92. The molecule has 1 aliphatic rings. The number of amides is 1. The number of anilines is 1. The molecule has 0 saturated carbocycles. The number of nitrogens with one attached hydrogen (secondary N) is 1. The van der Waals surface area contributed by atoms with Crippen molar-refractivity contribution in [3.8, 4) is 0 Å². The Morgan fingerprint density at radius 3 is 2.40 bits per heavy atom. The molecule has 1 amide bonds. The van der Waals surface area contributed by atoms with Gasteiger partial charge in [-0.3, -0.25) is 4.79 Å². The van der Waals surface area contributed by atoms with Gasteiger partial charge in [0.05, 0.1) is 4.90 Å². The topological polar surface area (TPSA) is 66.5 Å². The molecule has 132 valence electrons. The summed E-state index contributed by atoms with van der Waals surface area (Å²) in [5, 5.41) is 0. The Labute approximate surface area is 148 Å². The minimum absolute atomic E-state index is 0.0937. The maximum atomic E-state index is 12.5. The molecule has 1 saturated heterocycles. The lowest BCUT2D eigenvalue weighted by molar-refractivity contribution is -0.117. The second kappa shape index (κ2) is 6.98. The van der Waals surface area contributed by atoms with Crippen LogP contribution in [0.5, 0.6) is 0 Å². The van der Waals surface area contributed by atoms with Gasteiger partial charge in [-0.2, -0.15) is 0 Å². The summed E-state index contributed by atoms with van der Waals surface area (Å²) in [6.45, 7) is 4.76. The van der Waals surface area contributed by atoms with Crippen LogP contribution in [0.2, 0.25) is 0 Å². The number of aryl methyl sites for hydroxylation is 2. The van der Waals surface area contributed by atoms with Gasteiger partial charge in [-0.15, -0.1) is 0 Å². The molecule has 3 rings (SSSR count). The van der Waals surface area contributed by atoms with E-state index in [9.17, 15) is 13.2 Å². The lowest BCUT2D eigenvalue weighted by atomic mass is 10.2. The summed E-state index contributed by atoms with van der Waals surface area (Å²) in [5.74, 6) is 0.0937. The molecule has 0 aliphatic carbocycles. The molecule has 6 heteroatoms. The second-order valence-electron chi connectivity index (χ2n) is 6.41. The fraction of sp³-hybridized carbons (Fsp3) is 0.316. The number of nitrogens with zero attached hydrogens (tertiary/aromatic N) is 1. The van der Waals surface area contributed by atoms with E-state index in [4.69, 9.17) is 0 Å². The summed E-state index contributed by atoms with van der Waals surface area (Å²) < 4.78 is 27.7. The summed E-state index contributed by atoms with van der Waals surface area (Å²) in [4.78, 5) is 13.8. The molecule has 1 heterocycles. The maximum absolute atomic E-state index is 12.5. The van der Waals surface area contributed by atoms with Gasteiger partial charge in [-0.1, -0.05) is 29.8 Å². The number of rotatable bonds is 5. The molecule has 1 aliphatic heterocycles. The van der Waals surface area contributed by atoms with Gasteiger partial charge < -0.3 is 4.90 Å². The Hall–Kier alpha value is -2.18. The molecule has 0 atom stereocenters. The zero-order valence-electron chi connectivity index (χ0n) is 14.5. The van der Waals surface area contributed by atoms with Crippen molar-refractivity contribution in [1.29, 1.82) is 0 Å². The second-order valence-corrected chi connectivity index (χ2v) is 8.17. The van der Waals surface area contributed by atoms with E-state index in [1.807, 2.05) is 38.1 Å². The van der Waals surface area contributed by atoms with Crippen molar-refractivity contribution in [2.45, 2.75) is 38.1 Å². The van der Waals surface area contributed by atoms with E-state index in [-0.39, 0.29) is 17.3 Å². The third kappa shape index (κ3) is 3.91. The SMILES string of the molecule is Cc1ccc(CNS(=O)(=O)c2ccc(N3CCCC3=O)c(C)c2)cc1. The first-order valence-corrected chi connectivity index (χ1v) is 9.81. The average molecular weight is 358 g/mol. The standard InChI is InChI=1S/C19H22N2O3S/c1-14-5-7-16(8-6-14)13-20-25(23,24)17-9-10-18(15(2)12-17)21-11-3-4-19(21)22/h5-10,12,20H,3-4,11,13H2,1-2H3. The lowest BCUT2D eigenvalue weighted by Gasteiger charge is -2.19. The van der Waals surface area contributed by atoms with E-state index >= 15 is 0 Å². The molecular weight excluding hydrogens is 336 g/mol. The summed E-state index contributed by atoms with van der Waals surface area (Å²) in [6.07, 6.45) is 1.40. The molecule has 1 N–H and O–H groups in total. The van der Waals surface area contributed by atoms with Gasteiger partial charge in [0.25, 0.3) is 0 Å². The molecule has 25 heavy (non-hydrogen) atoms. The highest BCUT2D eigenvalue weighted by Gasteiger charge is 2.24. The van der Waals surface area contributed by atoms with Gasteiger partial charge >= 0.3 is 0 Å². The molecule has 2 aromatic rings. The van der Waals surface area contributed by atoms with Crippen molar-refractivity contribution in [3.63, 3.8) is 0 Å². The minimum Gasteiger partial charge on any atom is -0.312 e. The fourth-order valence-corrected chi connectivity index (χ4v) is 4.07. The molecule has 5 nitrogen and oxygen atoms in total. The largest absolute Gasteiger partial charge is 0.312 e. The third-order valence-electron chi connectivity index (χ3n) is 4.43. The quantitative estimate of drug-likeness (QED) is 0.894. The van der Waals surface area contributed by atoms with Crippen molar-refractivity contribution in [2.24, 2.45) is 0 Å². The van der Waals surface area contributed by atoms with Gasteiger partial charge in [0, 0.05) is 25.2 Å². The van der Waals surface area contributed by atoms with Gasteiger partial charge in [0.2, 0.25) is 15.9 Å². The number of sulfonamides is 1. The molecule has 0 spiro atoms. The van der Waals surface area contributed by atoms with Gasteiger partial charge in [0.15, 0.2) is 0 Å². The van der Waals surface area contributed by atoms with Crippen LogP contribution in [0.15, 0.2) is 47.4 Å². The summed E-state index contributed by atoms with van der Waals surface area (Å²) in [6, 6.07) is 12.6. The zero-order chi connectivity index (χ0) is 18.0. The number of carbonyl (C=O) groups excluding carboxylic acids is 1. The van der Waals surface area contributed by atoms with Gasteiger partial charge in [0.1, 0.15) is 0 Å². The fourth-order valence-electron chi connectivity index (χ4n) is 2.97. The maximum Gasteiger partial charge on any atom is 0.240 e. The molecule has 1 fully saturated rings. The van der Waals surface area contributed by atoms with Crippen LogP contribution in [0.1, 0.15) is 29.5 Å². The van der Waals surface area contributed by atoms with Crippen molar-refractivity contribution < 1.29 is 13.2 Å². The molecule has 0 bridgehead atoms. The average Bonchev–Trinajstić information content (AvgIpc) is 3.00. The van der Waals surface area contributed by atoms with E-state index in [2.05, 4.69) is 4.72 Å². The minimum atomic E-state index is -3.60. The molecule has 0 unspecified atom stereocenters. The monoisotopic (exact) mass is 358 g/mol. The number of carbonyl (C=O) groups is 1. The van der Waals surface area contributed by atoms with Crippen LogP contribution >= 0.6 is 0 Å². The molecular formula is C19H22N2O3S. The zero-order valence-corrected chi connectivity index (χ0v) is 15.3. The van der Waals surface area contributed by atoms with Crippen LogP contribution in [0.25, 0.3) is 0 Å². The van der Waals surface area contributed by atoms with E-state index < -0.39 is 10.0 Å². The van der Waals surface area contributed by atoms with E-state index in [0.29, 0.717) is 13.0 Å². The van der Waals surface area contributed by atoms with Crippen molar-refractivity contribution in [1.82, 2.24) is 4.72 Å². The first kappa shape index (κ1) is 17.6.